The molecule has 32 heavy (non-hydrogen) atoms. The van der Waals surface area contributed by atoms with Crippen LogP contribution < -0.4 is 10.6 Å². The molecule has 0 unspecified atom stereocenters. The van der Waals surface area contributed by atoms with E-state index in [9.17, 15) is 9.59 Å². The Labute approximate surface area is 192 Å². The molecule has 178 valence electrons. The van der Waals surface area contributed by atoms with E-state index in [2.05, 4.69) is 24.5 Å². The van der Waals surface area contributed by atoms with Gasteiger partial charge in [0, 0.05) is 5.69 Å². The average Bonchev–Trinajstić information content (AvgIpc) is 2.81. The maximum Gasteiger partial charge on any atom is 0.250 e. The summed E-state index contributed by atoms with van der Waals surface area (Å²) in [6, 6.07) is 7.46. The molecule has 0 heterocycles. The smallest absolute Gasteiger partial charge is 0.250 e. The van der Waals surface area contributed by atoms with Gasteiger partial charge >= 0.3 is 0 Å². The fourth-order valence-corrected chi connectivity index (χ4v) is 4.74. The number of hydrogen-bond acceptors (Lipinski definition) is 4. The average molecular weight is 445 g/mol. The van der Waals surface area contributed by atoms with Gasteiger partial charge in [0.1, 0.15) is 13.2 Å². The number of hydrogen-bond donors (Lipinski definition) is 2. The van der Waals surface area contributed by atoms with Gasteiger partial charge in [-0.1, -0.05) is 70.6 Å². The number of carbonyl (C=O) groups excluding carboxylic acids is 2. The van der Waals surface area contributed by atoms with E-state index < -0.39 is 0 Å². The first-order chi connectivity index (χ1) is 15.5. The molecule has 6 nitrogen and oxygen atoms in total. The molecular formula is C26H40N2O4. The summed E-state index contributed by atoms with van der Waals surface area (Å²) < 4.78 is 11.7. The monoisotopic (exact) mass is 444 g/mol. The molecule has 0 bridgehead atoms. The highest BCUT2D eigenvalue weighted by atomic mass is 16.5. The summed E-state index contributed by atoms with van der Waals surface area (Å²) in [6.07, 6.45) is 11.8. The van der Waals surface area contributed by atoms with Crippen molar-refractivity contribution in [1.82, 2.24) is 5.32 Å². The van der Waals surface area contributed by atoms with E-state index in [1.807, 2.05) is 24.3 Å². The Hall–Kier alpha value is -1.92. The van der Waals surface area contributed by atoms with Gasteiger partial charge < -0.3 is 20.1 Å². The zero-order valence-corrected chi connectivity index (χ0v) is 19.7. The minimum absolute atomic E-state index is 0.0624. The minimum Gasteiger partial charge on any atom is -0.368 e. The van der Waals surface area contributed by atoms with Crippen LogP contribution in [0.25, 0.3) is 0 Å². The van der Waals surface area contributed by atoms with E-state index in [1.165, 1.54) is 38.5 Å². The Kier molecular flexibility index (Phi) is 10.0. The van der Waals surface area contributed by atoms with Crippen LogP contribution in [0.4, 0.5) is 5.69 Å². The van der Waals surface area contributed by atoms with Crippen LogP contribution in [0.15, 0.2) is 24.3 Å². The van der Waals surface area contributed by atoms with Crippen LogP contribution in [0, 0.1) is 5.92 Å². The molecule has 1 atom stereocenters. The number of carbonyl (C=O) groups is 2. The molecule has 1 aromatic carbocycles. The SMILES string of the molecule is CC(C)[C@@H](NC(=O)COC1CCCCC1)c1ccccc1NC(=O)COC1CCCCC1. The van der Waals surface area contributed by atoms with Crippen LogP contribution in [0.5, 0.6) is 0 Å². The molecule has 2 aliphatic carbocycles. The van der Waals surface area contributed by atoms with Gasteiger partial charge in [-0.2, -0.15) is 0 Å². The molecule has 2 aliphatic rings. The zero-order chi connectivity index (χ0) is 22.8. The number of para-hydroxylation sites is 1. The predicted octanol–water partition coefficient (Wildman–Crippen LogP) is 5.14. The van der Waals surface area contributed by atoms with Crippen molar-refractivity contribution in [3.05, 3.63) is 29.8 Å². The number of ether oxygens (including phenoxy) is 2. The first-order valence-corrected chi connectivity index (χ1v) is 12.4. The van der Waals surface area contributed by atoms with Crippen molar-refractivity contribution >= 4 is 17.5 Å². The zero-order valence-electron chi connectivity index (χ0n) is 19.7. The van der Waals surface area contributed by atoms with Crippen LogP contribution in [0.2, 0.25) is 0 Å². The topological polar surface area (TPSA) is 76.7 Å². The van der Waals surface area contributed by atoms with E-state index in [4.69, 9.17) is 9.47 Å². The molecule has 2 N–H and O–H groups in total. The van der Waals surface area contributed by atoms with Gasteiger partial charge in [0.25, 0.3) is 0 Å². The Morgan fingerprint density at radius 3 is 1.94 bits per heavy atom. The summed E-state index contributed by atoms with van der Waals surface area (Å²) in [4.78, 5) is 25.2. The molecule has 2 saturated carbocycles. The van der Waals surface area contributed by atoms with Crippen molar-refractivity contribution in [2.75, 3.05) is 18.5 Å². The number of nitrogens with one attached hydrogen (secondary N) is 2. The Bertz CT molecular complexity index is 724. The second-order valence-corrected chi connectivity index (χ2v) is 9.57. The molecule has 2 amide bonds. The van der Waals surface area contributed by atoms with Gasteiger partial charge in [-0.25, -0.2) is 0 Å². The highest BCUT2D eigenvalue weighted by Crippen LogP contribution is 2.29. The summed E-state index contributed by atoms with van der Waals surface area (Å²) in [5, 5.41) is 6.12. The van der Waals surface area contributed by atoms with Crippen molar-refractivity contribution in [2.24, 2.45) is 5.92 Å². The van der Waals surface area contributed by atoms with Crippen molar-refractivity contribution in [1.29, 1.82) is 0 Å². The third-order valence-electron chi connectivity index (χ3n) is 6.56. The van der Waals surface area contributed by atoms with Gasteiger partial charge in [-0.15, -0.1) is 0 Å². The normalized spacial score (nSPS) is 19.0. The highest BCUT2D eigenvalue weighted by Gasteiger charge is 2.23. The van der Waals surface area contributed by atoms with E-state index >= 15 is 0 Å². The Morgan fingerprint density at radius 1 is 0.844 bits per heavy atom. The standard InChI is InChI=1S/C26H40N2O4/c1-19(2)26(28-25(30)18-32-21-13-7-4-8-14-21)22-15-9-10-16-23(22)27-24(29)17-31-20-11-5-3-6-12-20/h9-10,15-16,19-21,26H,3-8,11-14,17-18H2,1-2H3,(H,27,29)(H,28,30)/t26-/m1/s1. The van der Waals surface area contributed by atoms with Gasteiger partial charge in [-0.3, -0.25) is 9.59 Å². The first-order valence-electron chi connectivity index (χ1n) is 12.4. The molecular weight excluding hydrogens is 404 g/mol. The lowest BCUT2D eigenvalue weighted by molar-refractivity contribution is -0.129. The molecule has 6 heteroatoms. The lowest BCUT2D eigenvalue weighted by Crippen LogP contribution is -2.36. The number of benzene rings is 1. The number of rotatable bonds is 10. The lowest BCUT2D eigenvalue weighted by atomic mass is 9.94. The molecule has 0 aromatic heterocycles. The second kappa shape index (κ2) is 12.9. The van der Waals surface area contributed by atoms with Gasteiger partial charge in [0.2, 0.25) is 11.8 Å². The maximum absolute atomic E-state index is 12.6. The molecule has 0 saturated heterocycles. The summed E-state index contributed by atoms with van der Waals surface area (Å²) in [7, 11) is 0. The Balaban J connectivity index is 1.56. The van der Waals surface area contributed by atoms with Crippen molar-refractivity contribution in [2.45, 2.75) is 96.3 Å². The predicted molar refractivity (Wildman–Crippen MR) is 126 cm³/mol. The summed E-state index contributed by atoms with van der Waals surface area (Å²) in [5.41, 5.74) is 1.62. The van der Waals surface area contributed by atoms with Crippen LogP contribution in [-0.4, -0.2) is 37.2 Å². The lowest BCUT2D eigenvalue weighted by Gasteiger charge is -2.27. The summed E-state index contributed by atoms with van der Waals surface area (Å²) in [6.45, 7) is 4.28. The van der Waals surface area contributed by atoms with Crippen LogP contribution in [0.1, 0.15) is 89.7 Å². The third-order valence-corrected chi connectivity index (χ3v) is 6.56. The first kappa shape index (κ1) is 24.7. The molecule has 1 aromatic rings. The molecule has 0 spiro atoms. The van der Waals surface area contributed by atoms with Crippen LogP contribution in [0.3, 0.4) is 0 Å². The summed E-state index contributed by atoms with van der Waals surface area (Å²) in [5.74, 6) is -0.112. The largest absolute Gasteiger partial charge is 0.368 e. The van der Waals surface area contributed by atoms with Gasteiger partial charge in [-0.05, 0) is 43.2 Å². The van der Waals surface area contributed by atoms with Crippen molar-refractivity contribution in [3.63, 3.8) is 0 Å². The molecule has 3 rings (SSSR count). The molecule has 2 fully saturated rings. The maximum atomic E-state index is 12.6. The fraction of sp³-hybridized carbons (Fsp3) is 0.692. The molecule has 0 aliphatic heterocycles. The van der Waals surface area contributed by atoms with Crippen LogP contribution in [-0.2, 0) is 19.1 Å². The number of amides is 2. The van der Waals surface area contributed by atoms with Crippen molar-refractivity contribution < 1.29 is 19.1 Å². The summed E-state index contributed by atoms with van der Waals surface area (Å²) >= 11 is 0. The number of anilines is 1. The quantitative estimate of drug-likeness (QED) is 0.524. The van der Waals surface area contributed by atoms with Crippen LogP contribution >= 0.6 is 0 Å². The second-order valence-electron chi connectivity index (χ2n) is 9.57. The van der Waals surface area contributed by atoms with E-state index in [0.717, 1.165) is 36.9 Å². The van der Waals surface area contributed by atoms with Gasteiger partial charge in [0.15, 0.2) is 0 Å². The van der Waals surface area contributed by atoms with E-state index in [0.29, 0.717) is 0 Å². The van der Waals surface area contributed by atoms with Crippen molar-refractivity contribution in [3.8, 4) is 0 Å². The third kappa shape index (κ3) is 7.89. The minimum atomic E-state index is -0.215. The van der Waals surface area contributed by atoms with E-state index in [-0.39, 0.29) is 49.2 Å². The fourth-order valence-electron chi connectivity index (χ4n) is 4.74. The molecule has 0 radical (unpaired) electrons. The Morgan fingerprint density at radius 2 is 1.38 bits per heavy atom. The van der Waals surface area contributed by atoms with E-state index in [1.54, 1.807) is 0 Å². The van der Waals surface area contributed by atoms with Gasteiger partial charge in [0.05, 0.1) is 18.2 Å². The highest BCUT2D eigenvalue weighted by molar-refractivity contribution is 5.92.